The van der Waals surface area contributed by atoms with Crippen molar-refractivity contribution in [3.05, 3.63) is 0 Å². The molecule has 4 heteroatoms. The molecule has 1 saturated heterocycles. The first-order valence-corrected chi connectivity index (χ1v) is 6.70. The molecule has 1 aliphatic heterocycles. The average molecular weight is 242 g/mol. The Kier molecular flexibility index (Phi) is 5.92. The zero-order valence-corrected chi connectivity index (χ0v) is 11.4. The highest BCUT2D eigenvalue weighted by atomic mass is 16.4. The van der Waals surface area contributed by atoms with E-state index in [0.717, 1.165) is 32.5 Å². The number of hydrogen-bond acceptors (Lipinski definition) is 3. The quantitative estimate of drug-likeness (QED) is 0.796. The van der Waals surface area contributed by atoms with Crippen LogP contribution in [0.15, 0.2) is 0 Å². The zero-order chi connectivity index (χ0) is 12.8. The predicted molar refractivity (Wildman–Crippen MR) is 69.2 cm³/mol. The average Bonchev–Trinajstić information content (AvgIpc) is 2.47. The molecule has 1 aliphatic rings. The lowest BCUT2D eigenvalue weighted by Gasteiger charge is -2.35. The summed E-state index contributed by atoms with van der Waals surface area (Å²) in [6, 6.07) is 0.953. The van der Waals surface area contributed by atoms with Gasteiger partial charge in [0.05, 0.1) is 0 Å². The molecule has 1 heterocycles. The highest BCUT2D eigenvalue weighted by Crippen LogP contribution is 2.18. The van der Waals surface area contributed by atoms with Crippen molar-refractivity contribution in [2.75, 3.05) is 26.7 Å². The summed E-state index contributed by atoms with van der Waals surface area (Å²) < 4.78 is 0. The van der Waals surface area contributed by atoms with Gasteiger partial charge in [-0.25, -0.2) is 0 Å². The summed E-state index contributed by atoms with van der Waals surface area (Å²) >= 11 is 0. The van der Waals surface area contributed by atoms with Crippen LogP contribution < -0.4 is 0 Å². The molecule has 0 aliphatic carbocycles. The summed E-state index contributed by atoms with van der Waals surface area (Å²) in [7, 11) is 2.13. The molecule has 0 radical (unpaired) electrons. The zero-order valence-electron chi connectivity index (χ0n) is 11.4. The van der Waals surface area contributed by atoms with Gasteiger partial charge in [-0.05, 0) is 46.3 Å². The third kappa shape index (κ3) is 4.64. The lowest BCUT2D eigenvalue weighted by Crippen LogP contribution is -2.45. The maximum atomic E-state index is 10.7. The lowest BCUT2D eigenvalue weighted by molar-refractivity contribution is -0.137. The number of likely N-dealkylation sites (N-methyl/N-ethyl adjacent to an activating group) is 1. The fourth-order valence-electron chi connectivity index (χ4n) is 2.62. The molecule has 0 spiro atoms. The van der Waals surface area contributed by atoms with Gasteiger partial charge < -0.3 is 10.0 Å². The minimum atomic E-state index is -0.680. The lowest BCUT2D eigenvalue weighted by atomic mass is 10.1. The SMILES string of the molecule is CCC(C)N1CCCN(C)CC1CCC(=O)O. The van der Waals surface area contributed by atoms with Crippen molar-refractivity contribution >= 4 is 5.97 Å². The fraction of sp³-hybridized carbons (Fsp3) is 0.923. The number of hydrogen-bond donors (Lipinski definition) is 1. The van der Waals surface area contributed by atoms with Crippen molar-refractivity contribution in [1.82, 2.24) is 9.80 Å². The van der Waals surface area contributed by atoms with Crippen LogP contribution in [0.5, 0.6) is 0 Å². The fourth-order valence-corrected chi connectivity index (χ4v) is 2.62. The van der Waals surface area contributed by atoms with E-state index in [4.69, 9.17) is 5.11 Å². The Labute approximate surface area is 105 Å². The highest BCUT2D eigenvalue weighted by Gasteiger charge is 2.26. The summed E-state index contributed by atoms with van der Waals surface area (Å²) in [5.74, 6) is -0.680. The third-order valence-electron chi connectivity index (χ3n) is 3.80. The number of carbonyl (C=O) groups is 1. The van der Waals surface area contributed by atoms with Gasteiger partial charge in [0, 0.05) is 25.0 Å². The Morgan fingerprint density at radius 1 is 1.47 bits per heavy atom. The van der Waals surface area contributed by atoms with Crippen LogP contribution in [0.2, 0.25) is 0 Å². The number of aliphatic carboxylic acids is 1. The van der Waals surface area contributed by atoms with Crippen molar-refractivity contribution in [1.29, 1.82) is 0 Å². The Morgan fingerprint density at radius 2 is 2.18 bits per heavy atom. The van der Waals surface area contributed by atoms with Crippen LogP contribution in [0, 0.1) is 0 Å². The van der Waals surface area contributed by atoms with Gasteiger partial charge in [0.15, 0.2) is 0 Å². The number of nitrogens with zero attached hydrogens (tertiary/aromatic N) is 2. The number of carboxylic acid groups (broad SMARTS) is 1. The molecular formula is C13H26N2O2. The van der Waals surface area contributed by atoms with Gasteiger partial charge in [-0.3, -0.25) is 9.69 Å². The molecule has 2 atom stereocenters. The van der Waals surface area contributed by atoms with Crippen LogP contribution in [0.25, 0.3) is 0 Å². The standard InChI is InChI=1S/C13H26N2O2/c1-4-11(2)15-9-5-8-14(3)10-12(15)6-7-13(16)17/h11-12H,4-10H2,1-3H3,(H,16,17). The minimum absolute atomic E-state index is 0.283. The highest BCUT2D eigenvalue weighted by molar-refractivity contribution is 5.66. The molecule has 4 nitrogen and oxygen atoms in total. The van der Waals surface area contributed by atoms with Gasteiger partial charge in [0.1, 0.15) is 0 Å². The van der Waals surface area contributed by atoms with E-state index in [2.05, 4.69) is 30.7 Å². The Hall–Kier alpha value is -0.610. The molecule has 0 saturated carbocycles. The molecule has 100 valence electrons. The molecule has 1 fully saturated rings. The van der Waals surface area contributed by atoms with E-state index in [1.54, 1.807) is 0 Å². The van der Waals surface area contributed by atoms with Gasteiger partial charge in [-0.1, -0.05) is 6.92 Å². The number of rotatable bonds is 5. The molecule has 0 bridgehead atoms. The van der Waals surface area contributed by atoms with Crippen LogP contribution in [0.4, 0.5) is 0 Å². The van der Waals surface area contributed by atoms with Crippen LogP contribution in [-0.4, -0.2) is 59.6 Å². The maximum absolute atomic E-state index is 10.7. The Balaban J connectivity index is 2.63. The van der Waals surface area contributed by atoms with Crippen LogP contribution in [0.3, 0.4) is 0 Å². The summed E-state index contributed by atoms with van der Waals surface area (Å²) in [6.07, 6.45) is 3.37. The Bertz CT molecular complexity index is 246. The first-order valence-electron chi connectivity index (χ1n) is 6.70. The molecule has 0 aromatic carbocycles. The van der Waals surface area contributed by atoms with Crippen molar-refractivity contribution in [3.63, 3.8) is 0 Å². The summed E-state index contributed by atoms with van der Waals surface area (Å²) in [6.45, 7) is 7.67. The van der Waals surface area contributed by atoms with E-state index in [0.29, 0.717) is 12.1 Å². The minimum Gasteiger partial charge on any atom is -0.481 e. The first kappa shape index (κ1) is 14.5. The molecular weight excluding hydrogens is 216 g/mol. The molecule has 0 amide bonds. The summed E-state index contributed by atoms with van der Waals surface area (Å²) in [5.41, 5.74) is 0. The normalized spacial score (nSPS) is 25.5. The van der Waals surface area contributed by atoms with Crippen LogP contribution in [0.1, 0.15) is 39.5 Å². The molecule has 2 unspecified atom stereocenters. The van der Waals surface area contributed by atoms with E-state index in [1.807, 2.05) is 0 Å². The first-order chi connectivity index (χ1) is 8.04. The predicted octanol–water partition coefficient (Wildman–Crippen LogP) is 1.66. The smallest absolute Gasteiger partial charge is 0.303 e. The van der Waals surface area contributed by atoms with Gasteiger partial charge in [-0.2, -0.15) is 0 Å². The van der Waals surface area contributed by atoms with E-state index in [1.165, 1.54) is 6.42 Å². The molecule has 0 aromatic heterocycles. The van der Waals surface area contributed by atoms with Crippen molar-refractivity contribution in [3.8, 4) is 0 Å². The van der Waals surface area contributed by atoms with E-state index >= 15 is 0 Å². The monoisotopic (exact) mass is 242 g/mol. The van der Waals surface area contributed by atoms with Gasteiger partial charge in [-0.15, -0.1) is 0 Å². The van der Waals surface area contributed by atoms with Crippen molar-refractivity contribution < 1.29 is 9.90 Å². The van der Waals surface area contributed by atoms with Crippen LogP contribution in [-0.2, 0) is 4.79 Å². The second-order valence-electron chi connectivity index (χ2n) is 5.20. The van der Waals surface area contributed by atoms with Gasteiger partial charge >= 0.3 is 5.97 Å². The van der Waals surface area contributed by atoms with E-state index in [9.17, 15) is 4.79 Å². The molecule has 17 heavy (non-hydrogen) atoms. The van der Waals surface area contributed by atoms with Gasteiger partial charge in [0.25, 0.3) is 0 Å². The van der Waals surface area contributed by atoms with Crippen molar-refractivity contribution in [2.45, 2.75) is 51.6 Å². The topological polar surface area (TPSA) is 43.8 Å². The van der Waals surface area contributed by atoms with Gasteiger partial charge in [0.2, 0.25) is 0 Å². The van der Waals surface area contributed by atoms with Crippen LogP contribution >= 0.6 is 0 Å². The molecule has 1 N–H and O–H groups in total. The Morgan fingerprint density at radius 3 is 2.76 bits per heavy atom. The largest absolute Gasteiger partial charge is 0.481 e. The maximum Gasteiger partial charge on any atom is 0.303 e. The summed E-state index contributed by atoms with van der Waals surface area (Å²) in [5, 5.41) is 8.83. The van der Waals surface area contributed by atoms with Crippen molar-refractivity contribution in [2.24, 2.45) is 0 Å². The number of carboxylic acids is 1. The second kappa shape index (κ2) is 6.97. The molecule has 1 rings (SSSR count). The summed E-state index contributed by atoms with van der Waals surface area (Å²) in [4.78, 5) is 15.6. The second-order valence-corrected chi connectivity index (χ2v) is 5.20. The van der Waals surface area contributed by atoms with E-state index < -0.39 is 5.97 Å². The van der Waals surface area contributed by atoms with E-state index in [-0.39, 0.29) is 6.42 Å². The third-order valence-corrected chi connectivity index (χ3v) is 3.80. The molecule has 0 aromatic rings.